The number of aldehydes is 1. The first-order chi connectivity index (χ1) is 13.9. The fraction of sp³-hybridized carbons (Fsp3) is 0.286. The van der Waals surface area contributed by atoms with Gasteiger partial charge in [-0.25, -0.2) is 13.9 Å². The number of hydrogen-bond donors (Lipinski definition) is 0. The van der Waals surface area contributed by atoms with E-state index in [9.17, 15) is 18.0 Å². The van der Waals surface area contributed by atoms with E-state index in [-0.39, 0.29) is 18.7 Å². The summed E-state index contributed by atoms with van der Waals surface area (Å²) in [5.41, 5.74) is 3.01. The third-order valence-electron chi connectivity index (χ3n) is 4.62. The zero-order valence-electron chi connectivity index (χ0n) is 16.1. The van der Waals surface area contributed by atoms with Crippen molar-refractivity contribution < 1.29 is 18.0 Å². The lowest BCUT2D eigenvalue weighted by molar-refractivity contribution is -0.108. The van der Waals surface area contributed by atoms with Crippen LogP contribution in [0.25, 0.3) is 16.9 Å². The molecule has 0 bridgehead atoms. The van der Waals surface area contributed by atoms with Crippen LogP contribution in [-0.4, -0.2) is 39.4 Å². The molecule has 8 heteroatoms. The van der Waals surface area contributed by atoms with E-state index in [1.165, 1.54) is 10.7 Å². The van der Waals surface area contributed by atoms with Crippen molar-refractivity contribution in [3.05, 3.63) is 65.8 Å². The Labute approximate surface area is 166 Å². The summed E-state index contributed by atoms with van der Waals surface area (Å²) in [4.78, 5) is 17.0. The Kier molecular flexibility index (Phi) is 6.43. The predicted octanol–water partition coefficient (Wildman–Crippen LogP) is 4.26. The third kappa shape index (κ3) is 4.89. The second kappa shape index (κ2) is 9.00. The van der Waals surface area contributed by atoms with Gasteiger partial charge in [0.2, 0.25) is 0 Å². The maximum atomic E-state index is 14.0. The minimum absolute atomic E-state index is 0.00452. The molecule has 0 amide bonds. The van der Waals surface area contributed by atoms with Gasteiger partial charge in [-0.2, -0.15) is 13.9 Å². The molecule has 0 aliphatic rings. The monoisotopic (exact) mass is 402 g/mol. The van der Waals surface area contributed by atoms with Crippen molar-refractivity contribution >= 4 is 11.9 Å². The van der Waals surface area contributed by atoms with Crippen molar-refractivity contribution in [1.29, 1.82) is 0 Å². The van der Waals surface area contributed by atoms with Gasteiger partial charge in [0, 0.05) is 36.6 Å². The lowest BCUT2D eigenvalue weighted by Crippen LogP contribution is -2.25. The summed E-state index contributed by atoms with van der Waals surface area (Å²) >= 11 is 0. The molecule has 3 aromatic rings. The molecule has 5 nitrogen and oxygen atoms in total. The average molecular weight is 402 g/mol. The Morgan fingerprint density at radius 1 is 1.28 bits per heavy atom. The van der Waals surface area contributed by atoms with Crippen LogP contribution in [0.2, 0.25) is 0 Å². The van der Waals surface area contributed by atoms with Crippen LogP contribution in [-0.2, 0) is 11.3 Å². The van der Waals surface area contributed by atoms with E-state index in [4.69, 9.17) is 0 Å². The van der Waals surface area contributed by atoms with Crippen molar-refractivity contribution in [3.8, 4) is 11.3 Å². The maximum absolute atomic E-state index is 14.0. The lowest BCUT2D eigenvalue weighted by Gasteiger charge is -2.20. The fourth-order valence-electron chi connectivity index (χ4n) is 3.29. The van der Waals surface area contributed by atoms with Gasteiger partial charge in [-0.3, -0.25) is 0 Å². The third-order valence-corrected chi connectivity index (χ3v) is 4.62. The SMILES string of the molecule is Cc1nc2c(CN(C)CC(C=C(F)F)CC=O)c(-c3ccccc3)nn2cc1F. The maximum Gasteiger partial charge on any atom is 0.266 e. The molecule has 2 aromatic heterocycles. The molecule has 1 unspecified atom stereocenters. The van der Waals surface area contributed by atoms with Crippen LogP contribution in [0.1, 0.15) is 17.7 Å². The summed E-state index contributed by atoms with van der Waals surface area (Å²) in [6.07, 6.45) is 0.918. The molecule has 152 valence electrons. The normalized spacial score (nSPS) is 12.3. The molecule has 2 heterocycles. The first kappa shape index (κ1) is 20.7. The summed E-state index contributed by atoms with van der Waals surface area (Å²) in [5, 5.41) is 4.50. The summed E-state index contributed by atoms with van der Waals surface area (Å²) < 4.78 is 40.7. The van der Waals surface area contributed by atoms with Crippen LogP contribution in [0.4, 0.5) is 13.2 Å². The first-order valence-electron chi connectivity index (χ1n) is 9.13. The van der Waals surface area contributed by atoms with Crippen LogP contribution in [0.3, 0.4) is 0 Å². The highest BCUT2D eigenvalue weighted by Gasteiger charge is 2.20. The quantitative estimate of drug-likeness (QED) is 0.529. The molecule has 0 aliphatic carbocycles. The molecule has 0 aliphatic heterocycles. The van der Waals surface area contributed by atoms with Gasteiger partial charge in [0.25, 0.3) is 6.08 Å². The smallest absolute Gasteiger partial charge is 0.266 e. The summed E-state index contributed by atoms with van der Waals surface area (Å²) in [6.45, 7) is 2.18. The summed E-state index contributed by atoms with van der Waals surface area (Å²) in [6, 6.07) is 9.42. The zero-order valence-corrected chi connectivity index (χ0v) is 16.1. The topological polar surface area (TPSA) is 50.5 Å². The van der Waals surface area contributed by atoms with Gasteiger partial charge in [-0.15, -0.1) is 0 Å². The summed E-state index contributed by atoms with van der Waals surface area (Å²) in [7, 11) is 1.77. The van der Waals surface area contributed by atoms with Gasteiger partial charge in [-0.1, -0.05) is 30.3 Å². The van der Waals surface area contributed by atoms with Gasteiger partial charge in [0.05, 0.1) is 17.6 Å². The standard InChI is InChI=1S/C21H21F3N4O/c1-14-18(22)13-28-21(25-14)17(20(26-28)16-6-4-3-5-7-16)12-27(2)11-15(8-9-29)10-19(23)24/h3-7,9-10,13,15H,8,11-12H2,1-2H3. The molecule has 1 atom stereocenters. The molecule has 0 saturated carbocycles. The molecule has 1 aromatic carbocycles. The molecule has 0 fully saturated rings. The Morgan fingerprint density at radius 2 is 2.00 bits per heavy atom. The van der Waals surface area contributed by atoms with Gasteiger partial charge in [0.15, 0.2) is 11.5 Å². The molecule has 3 rings (SSSR count). The zero-order chi connectivity index (χ0) is 21.0. The molecule has 0 radical (unpaired) electrons. The van der Waals surface area contributed by atoms with Crippen molar-refractivity contribution in [1.82, 2.24) is 19.5 Å². The fourth-order valence-corrected chi connectivity index (χ4v) is 3.29. The van der Waals surface area contributed by atoms with Crippen LogP contribution < -0.4 is 0 Å². The number of rotatable bonds is 8. The summed E-state index contributed by atoms with van der Waals surface area (Å²) in [5.74, 6) is -1.06. The molecule has 0 spiro atoms. The van der Waals surface area contributed by atoms with Crippen molar-refractivity contribution in [2.45, 2.75) is 19.9 Å². The average Bonchev–Trinajstić information content (AvgIpc) is 3.00. The van der Waals surface area contributed by atoms with E-state index in [0.717, 1.165) is 17.2 Å². The lowest BCUT2D eigenvalue weighted by atomic mass is 10.0. The number of halogens is 3. The van der Waals surface area contributed by atoms with Gasteiger partial charge < -0.3 is 9.69 Å². The van der Waals surface area contributed by atoms with E-state index < -0.39 is 17.8 Å². The second-order valence-electron chi connectivity index (χ2n) is 6.95. The highest BCUT2D eigenvalue weighted by molar-refractivity contribution is 5.70. The predicted molar refractivity (Wildman–Crippen MR) is 104 cm³/mol. The van der Waals surface area contributed by atoms with Gasteiger partial charge >= 0.3 is 0 Å². The van der Waals surface area contributed by atoms with E-state index in [1.807, 2.05) is 35.2 Å². The Balaban J connectivity index is 1.99. The number of benzene rings is 1. The second-order valence-corrected chi connectivity index (χ2v) is 6.95. The van der Waals surface area contributed by atoms with Crippen LogP contribution in [0.15, 0.2) is 48.7 Å². The van der Waals surface area contributed by atoms with E-state index in [2.05, 4.69) is 10.1 Å². The van der Waals surface area contributed by atoms with Crippen LogP contribution in [0.5, 0.6) is 0 Å². The van der Waals surface area contributed by atoms with Gasteiger partial charge in [-0.05, 0) is 20.0 Å². The molecule has 0 N–H and O–H groups in total. The highest BCUT2D eigenvalue weighted by Crippen LogP contribution is 2.27. The van der Waals surface area contributed by atoms with Crippen LogP contribution in [0, 0.1) is 18.7 Å². The molecule has 0 saturated heterocycles. The van der Waals surface area contributed by atoms with Crippen molar-refractivity contribution in [2.75, 3.05) is 13.6 Å². The van der Waals surface area contributed by atoms with Crippen molar-refractivity contribution in [2.24, 2.45) is 5.92 Å². The van der Waals surface area contributed by atoms with E-state index >= 15 is 0 Å². The number of aromatic nitrogens is 3. The minimum atomic E-state index is -1.81. The Morgan fingerprint density at radius 3 is 2.66 bits per heavy atom. The number of fused-ring (bicyclic) bond motifs is 1. The molecule has 29 heavy (non-hydrogen) atoms. The van der Waals surface area contributed by atoms with E-state index in [1.54, 1.807) is 14.0 Å². The molecular weight excluding hydrogens is 381 g/mol. The molecular formula is C21H21F3N4O. The van der Waals surface area contributed by atoms with Crippen LogP contribution >= 0.6 is 0 Å². The van der Waals surface area contributed by atoms with Gasteiger partial charge in [0.1, 0.15) is 6.29 Å². The Bertz CT molecular complexity index is 1030. The highest BCUT2D eigenvalue weighted by atomic mass is 19.3. The number of hydrogen-bond acceptors (Lipinski definition) is 4. The number of carbonyl (C=O) groups is 1. The minimum Gasteiger partial charge on any atom is -0.303 e. The Hall–Kier alpha value is -3.00. The number of carbonyl (C=O) groups excluding carboxylic acids is 1. The number of aryl methyl sites for hydroxylation is 1. The number of nitrogens with zero attached hydrogens (tertiary/aromatic N) is 4. The van der Waals surface area contributed by atoms with E-state index in [0.29, 0.717) is 24.2 Å². The first-order valence-corrected chi connectivity index (χ1v) is 9.13. The largest absolute Gasteiger partial charge is 0.303 e. The van der Waals surface area contributed by atoms with Crippen molar-refractivity contribution in [3.63, 3.8) is 0 Å².